The summed E-state index contributed by atoms with van der Waals surface area (Å²) in [6, 6.07) is 18.2. The topological polar surface area (TPSA) is 89.5 Å². The Labute approximate surface area is 169 Å². The van der Waals surface area contributed by atoms with Gasteiger partial charge in [-0.25, -0.2) is 17.9 Å². The molecule has 0 radical (unpaired) electrons. The Balaban J connectivity index is 1.52. The molecule has 1 N–H and O–H groups in total. The summed E-state index contributed by atoms with van der Waals surface area (Å²) in [7, 11) is -3.76. The summed E-state index contributed by atoms with van der Waals surface area (Å²) in [6.07, 6.45) is 0. The molecule has 0 fully saturated rings. The first-order valence-electron chi connectivity index (χ1n) is 8.29. The maximum atomic E-state index is 12.6. The van der Waals surface area contributed by atoms with Gasteiger partial charge in [0.15, 0.2) is 0 Å². The van der Waals surface area contributed by atoms with Gasteiger partial charge in [-0.05, 0) is 48.5 Å². The van der Waals surface area contributed by atoms with E-state index in [0.717, 1.165) is 10.0 Å². The molecule has 0 aliphatic carbocycles. The van der Waals surface area contributed by atoms with Crippen LogP contribution in [0.5, 0.6) is 0 Å². The van der Waals surface area contributed by atoms with E-state index in [1.165, 1.54) is 30.3 Å². The molecule has 0 unspecified atom stereocenters. The monoisotopic (exact) mass is 459 g/mol. The lowest BCUT2D eigenvalue weighted by atomic mass is 10.2. The van der Waals surface area contributed by atoms with Gasteiger partial charge < -0.3 is 8.83 Å². The Morgan fingerprint density at radius 2 is 1.68 bits per heavy atom. The fourth-order valence-electron chi connectivity index (χ4n) is 2.71. The standard InChI is InChI=1S/C20H14BrNO5S/c21-15-4-1-13(2-5-15)18-8-6-16(26-18)12-22-28(24,25)17-7-9-19-14(11-17)3-10-20(23)27-19/h1-11,22H,12H2. The highest BCUT2D eigenvalue weighted by atomic mass is 79.9. The van der Waals surface area contributed by atoms with Gasteiger partial charge in [-0.2, -0.15) is 0 Å². The first kappa shape index (κ1) is 18.7. The van der Waals surface area contributed by atoms with Crippen LogP contribution in [-0.4, -0.2) is 8.42 Å². The minimum Gasteiger partial charge on any atom is -0.460 e. The molecule has 4 rings (SSSR count). The van der Waals surface area contributed by atoms with Crippen LogP contribution in [0.4, 0.5) is 0 Å². The lowest BCUT2D eigenvalue weighted by Gasteiger charge is -2.06. The molecule has 28 heavy (non-hydrogen) atoms. The van der Waals surface area contributed by atoms with Crippen molar-refractivity contribution in [3.8, 4) is 11.3 Å². The second kappa shape index (κ2) is 7.38. The van der Waals surface area contributed by atoms with Crippen molar-refractivity contribution in [1.82, 2.24) is 4.72 Å². The van der Waals surface area contributed by atoms with Crippen molar-refractivity contribution >= 4 is 36.9 Å². The van der Waals surface area contributed by atoms with Crippen LogP contribution >= 0.6 is 15.9 Å². The maximum absolute atomic E-state index is 12.6. The van der Waals surface area contributed by atoms with Gasteiger partial charge in [0.25, 0.3) is 0 Å². The average Bonchev–Trinajstić information content (AvgIpc) is 3.16. The largest absolute Gasteiger partial charge is 0.460 e. The number of hydrogen-bond donors (Lipinski definition) is 1. The highest BCUT2D eigenvalue weighted by Crippen LogP contribution is 2.24. The number of sulfonamides is 1. The molecular formula is C20H14BrNO5S. The Hall–Kier alpha value is -2.68. The zero-order valence-electron chi connectivity index (χ0n) is 14.4. The molecule has 0 saturated carbocycles. The molecule has 0 aliphatic rings. The van der Waals surface area contributed by atoms with Gasteiger partial charge in [-0.3, -0.25) is 0 Å². The predicted molar refractivity (Wildman–Crippen MR) is 108 cm³/mol. The zero-order valence-corrected chi connectivity index (χ0v) is 16.8. The predicted octanol–water partition coefficient (Wildman–Crippen LogP) is 4.29. The van der Waals surface area contributed by atoms with Crippen molar-refractivity contribution in [1.29, 1.82) is 0 Å². The van der Waals surface area contributed by atoms with Crippen LogP contribution in [0.25, 0.3) is 22.3 Å². The quantitative estimate of drug-likeness (QED) is 0.449. The van der Waals surface area contributed by atoms with E-state index in [4.69, 9.17) is 8.83 Å². The van der Waals surface area contributed by atoms with Crippen LogP contribution in [-0.2, 0) is 16.6 Å². The summed E-state index contributed by atoms with van der Waals surface area (Å²) >= 11 is 3.38. The van der Waals surface area contributed by atoms with E-state index < -0.39 is 15.6 Å². The van der Waals surface area contributed by atoms with Crippen molar-refractivity contribution < 1.29 is 17.3 Å². The van der Waals surface area contributed by atoms with Crippen molar-refractivity contribution in [3.05, 3.63) is 87.4 Å². The average molecular weight is 460 g/mol. The summed E-state index contributed by atoms with van der Waals surface area (Å²) < 4.78 is 39.4. The van der Waals surface area contributed by atoms with E-state index in [-0.39, 0.29) is 11.4 Å². The molecular weight excluding hydrogens is 446 g/mol. The number of hydrogen-bond acceptors (Lipinski definition) is 5. The molecule has 0 atom stereocenters. The third-order valence-electron chi connectivity index (χ3n) is 4.13. The number of halogens is 1. The number of furan rings is 1. The molecule has 0 spiro atoms. The van der Waals surface area contributed by atoms with E-state index in [1.807, 2.05) is 24.3 Å². The van der Waals surface area contributed by atoms with Crippen molar-refractivity contribution in [3.63, 3.8) is 0 Å². The van der Waals surface area contributed by atoms with Crippen LogP contribution in [0, 0.1) is 0 Å². The minimum atomic E-state index is -3.76. The molecule has 2 heterocycles. The molecule has 142 valence electrons. The molecule has 0 saturated heterocycles. The van der Waals surface area contributed by atoms with E-state index in [9.17, 15) is 13.2 Å². The first-order chi connectivity index (χ1) is 13.4. The van der Waals surface area contributed by atoms with Gasteiger partial charge in [0.05, 0.1) is 11.4 Å². The number of fused-ring (bicyclic) bond motifs is 1. The van der Waals surface area contributed by atoms with Crippen LogP contribution in [0.2, 0.25) is 0 Å². The number of rotatable bonds is 5. The van der Waals surface area contributed by atoms with Gasteiger partial charge in [-0.15, -0.1) is 0 Å². The van der Waals surface area contributed by atoms with E-state index >= 15 is 0 Å². The van der Waals surface area contributed by atoms with Gasteiger partial charge in [0.2, 0.25) is 10.0 Å². The second-order valence-corrected chi connectivity index (χ2v) is 8.73. The molecule has 6 nitrogen and oxygen atoms in total. The van der Waals surface area contributed by atoms with Gasteiger partial charge in [0.1, 0.15) is 17.1 Å². The lowest BCUT2D eigenvalue weighted by molar-refractivity contribution is 0.509. The Morgan fingerprint density at radius 1 is 0.893 bits per heavy atom. The Morgan fingerprint density at radius 3 is 2.46 bits per heavy atom. The normalized spacial score (nSPS) is 11.8. The third kappa shape index (κ3) is 3.94. The summed E-state index contributed by atoms with van der Waals surface area (Å²) in [4.78, 5) is 11.3. The van der Waals surface area contributed by atoms with E-state index in [0.29, 0.717) is 22.5 Å². The fourth-order valence-corrected chi connectivity index (χ4v) is 4.00. The first-order valence-corrected chi connectivity index (χ1v) is 10.6. The molecule has 0 amide bonds. The highest BCUT2D eigenvalue weighted by molar-refractivity contribution is 9.10. The summed E-state index contributed by atoms with van der Waals surface area (Å²) in [5, 5.41) is 0.526. The van der Waals surface area contributed by atoms with Crippen LogP contribution in [0.1, 0.15) is 5.76 Å². The van der Waals surface area contributed by atoms with Crippen LogP contribution in [0.3, 0.4) is 0 Å². The molecule has 2 aromatic heterocycles. The van der Waals surface area contributed by atoms with Crippen LogP contribution < -0.4 is 10.3 Å². The lowest BCUT2D eigenvalue weighted by Crippen LogP contribution is -2.23. The highest BCUT2D eigenvalue weighted by Gasteiger charge is 2.16. The Kier molecular flexibility index (Phi) is 4.92. The molecule has 8 heteroatoms. The molecule has 0 bridgehead atoms. The summed E-state index contributed by atoms with van der Waals surface area (Å²) in [5.41, 5.74) is 0.741. The van der Waals surface area contributed by atoms with E-state index in [1.54, 1.807) is 12.1 Å². The van der Waals surface area contributed by atoms with Gasteiger partial charge >= 0.3 is 5.63 Å². The van der Waals surface area contributed by atoms with Crippen molar-refractivity contribution in [2.24, 2.45) is 0 Å². The van der Waals surface area contributed by atoms with Crippen molar-refractivity contribution in [2.75, 3.05) is 0 Å². The zero-order chi connectivity index (χ0) is 19.7. The second-order valence-electron chi connectivity index (χ2n) is 6.05. The summed E-state index contributed by atoms with van der Waals surface area (Å²) in [5.74, 6) is 1.15. The minimum absolute atomic E-state index is 0.0147. The Bertz CT molecular complexity index is 1310. The third-order valence-corrected chi connectivity index (χ3v) is 6.06. The fraction of sp³-hybridized carbons (Fsp3) is 0.0500. The SMILES string of the molecule is O=c1ccc2cc(S(=O)(=O)NCc3ccc(-c4ccc(Br)cc4)o3)ccc2o1. The molecule has 4 aromatic rings. The summed E-state index contributed by atoms with van der Waals surface area (Å²) in [6.45, 7) is 0.0147. The molecule has 2 aromatic carbocycles. The van der Waals surface area contributed by atoms with E-state index in [2.05, 4.69) is 20.7 Å². The van der Waals surface area contributed by atoms with Gasteiger partial charge in [0, 0.05) is 21.5 Å². The number of benzene rings is 2. The van der Waals surface area contributed by atoms with Crippen LogP contribution in [0.15, 0.2) is 89.7 Å². The maximum Gasteiger partial charge on any atom is 0.336 e. The van der Waals surface area contributed by atoms with Crippen molar-refractivity contribution in [2.45, 2.75) is 11.4 Å². The molecule has 0 aliphatic heterocycles. The van der Waals surface area contributed by atoms with Gasteiger partial charge in [-0.1, -0.05) is 28.1 Å². The number of nitrogens with one attached hydrogen (secondary N) is 1. The smallest absolute Gasteiger partial charge is 0.336 e.